The van der Waals surface area contributed by atoms with Crippen molar-refractivity contribution < 1.29 is 28.7 Å². The number of allylic oxidation sites excluding steroid dienone is 1. The van der Waals surface area contributed by atoms with Crippen molar-refractivity contribution in [1.82, 2.24) is 0 Å². The Balaban J connectivity index is 1.46. The molecule has 0 radical (unpaired) electrons. The van der Waals surface area contributed by atoms with Crippen LogP contribution in [0.1, 0.15) is 104 Å². The molecule has 0 bridgehead atoms. The molecule has 3 aromatic rings. The maximum absolute atomic E-state index is 12.8. The highest BCUT2D eigenvalue weighted by atomic mass is 16.6. The van der Waals surface area contributed by atoms with Gasteiger partial charge >= 0.3 is 11.7 Å². The highest BCUT2D eigenvalue weighted by Gasteiger charge is 2.21. The van der Waals surface area contributed by atoms with E-state index in [1.807, 2.05) is 31.2 Å². The van der Waals surface area contributed by atoms with Gasteiger partial charge in [-0.05, 0) is 73.5 Å². The van der Waals surface area contributed by atoms with E-state index >= 15 is 0 Å². The minimum atomic E-state index is -0.758. The summed E-state index contributed by atoms with van der Waals surface area (Å²) >= 11 is 0. The first-order chi connectivity index (χ1) is 21.4. The molecule has 0 aromatic heterocycles. The van der Waals surface area contributed by atoms with Crippen molar-refractivity contribution in [3.8, 4) is 17.2 Å². The maximum Gasteiger partial charge on any atom is 0.343 e. The van der Waals surface area contributed by atoms with Crippen molar-refractivity contribution >= 4 is 23.5 Å². The van der Waals surface area contributed by atoms with E-state index in [4.69, 9.17) is 14.2 Å². The Hall–Kier alpha value is -4.46. The number of hydrogen-bond donors (Lipinski definition) is 0. The van der Waals surface area contributed by atoms with Gasteiger partial charge in [0, 0.05) is 11.6 Å². The summed E-state index contributed by atoms with van der Waals surface area (Å²) in [6.07, 6.45) is 15.8. The lowest BCUT2D eigenvalue weighted by molar-refractivity contribution is -0.385. The average Bonchev–Trinajstić information content (AvgIpc) is 3.03. The zero-order valence-electron chi connectivity index (χ0n) is 25.8. The fourth-order valence-electron chi connectivity index (χ4n) is 4.64. The van der Waals surface area contributed by atoms with Gasteiger partial charge in [-0.1, -0.05) is 82.9 Å². The van der Waals surface area contributed by atoms with Crippen LogP contribution in [0.2, 0.25) is 0 Å². The Bertz CT molecular complexity index is 1360. The van der Waals surface area contributed by atoms with Crippen LogP contribution in [0.25, 0.3) is 6.08 Å². The molecule has 3 rings (SSSR count). The smallest absolute Gasteiger partial charge is 0.343 e. The van der Waals surface area contributed by atoms with Crippen molar-refractivity contribution in [2.75, 3.05) is 13.2 Å². The molecular formula is C36H43NO7. The third-order valence-electron chi connectivity index (χ3n) is 7.12. The van der Waals surface area contributed by atoms with Gasteiger partial charge in [0.25, 0.3) is 0 Å². The van der Waals surface area contributed by atoms with Crippen LogP contribution in [0.3, 0.4) is 0 Å². The van der Waals surface area contributed by atoms with E-state index in [0.29, 0.717) is 19.0 Å². The lowest BCUT2D eigenvalue weighted by Gasteiger charge is -2.07. The highest BCUT2D eigenvalue weighted by Crippen LogP contribution is 2.29. The number of nitrogens with zero attached hydrogens (tertiary/aromatic N) is 1. The minimum Gasteiger partial charge on any atom is -0.494 e. The zero-order chi connectivity index (χ0) is 31.6. The molecule has 8 nitrogen and oxygen atoms in total. The quantitative estimate of drug-likeness (QED) is 0.0242. The fraction of sp³-hybridized carbons (Fsp3) is 0.389. The number of esters is 1. The van der Waals surface area contributed by atoms with Crippen molar-refractivity contribution in [2.24, 2.45) is 0 Å². The van der Waals surface area contributed by atoms with E-state index in [0.717, 1.165) is 23.8 Å². The van der Waals surface area contributed by atoms with Crippen LogP contribution in [-0.2, 0) is 0 Å². The summed E-state index contributed by atoms with van der Waals surface area (Å²) in [7, 11) is 0. The molecule has 44 heavy (non-hydrogen) atoms. The normalized spacial score (nSPS) is 11.0. The van der Waals surface area contributed by atoms with E-state index in [1.54, 1.807) is 18.2 Å². The van der Waals surface area contributed by atoms with E-state index in [9.17, 15) is 19.7 Å². The van der Waals surface area contributed by atoms with Gasteiger partial charge in [0.1, 0.15) is 11.5 Å². The summed E-state index contributed by atoms with van der Waals surface area (Å²) in [5.41, 5.74) is 0.624. The van der Waals surface area contributed by atoms with Crippen molar-refractivity contribution in [3.05, 3.63) is 99.6 Å². The van der Waals surface area contributed by atoms with Crippen LogP contribution in [-0.4, -0.2) is 29.9 Å². The Kier molecular flexibility index (Phi) is 14.7. The molecule has 0 aliphatic carbocycles. The fourth-order valence-corrected chi connectivity index (χ4v) is 4.64. The molecule has 0 saturated carbocycles. The minimum absolute atomic E-state index is 0.102. The predicted molar refractivity (Wildman–Crippen MR) is 173 cm³/mol. The van der Waals surface area contributed by atoms with Crippen molar-refractivity contribution in [3.63, 3.8) is 0 Å². The van der Waals surface area contributed by atoms with E-state index in [1.165, 1.54) is 88.1 Å². The van der Waals surface area contributed by atoms with Crippen LogP contribution in [0, 0.1) is 10.1 Å². The second-order valence-electron chi connectivity index (χ2n) is 10.6. The first kappa shape index (κ1) is 34.0. The average molecular weight is 602 g/mol. The van der Waals surface area contributed by atoms with Crippen LogP contribution in [0.4, 0.5) is 5.69 Å². The number of carbonyl (C=O) groups excluding carboxylic acids is 2. The van der Waals surface area contributed by atoms with Gasteiger partial charge in [-0.3, -0.25) is 14.9 Å². The van der Waals surface area contributed by atoms with Crippen molar-refractivity contribution in [1.29, 1.82) is 0 Å². The molecule has 0 aliphatic heterocycles. The third kappa shape index (κ3) is 11.7. The Morgan fingerprint density at radius 1 is 0.727 bits per heavy atom. The number of unbranched alkanes of at least 4 members (excludes halogenated alkanes) is 9. The molecule has 0 saturated heterocycles. The van der Waals surface area contributed by atoms with Crippen LogP contribution in [0.15, 0.2) is 72.8 Å². The van der Waals surface area contributed by atoms with E-state index in [2.05, 4.69) is 6.92 Å². The summed E-state index contributed by atoms with van der Waals surface area (Å²) in [5, 5.41) is 11.7. The Labute approximate surface area is 260 Å². The molecule has 234 valence electrons. The molecule has 8 heteroatoms. The van der Waals surface area contributed by atoms with Crippen LogP contribution < -0.4 is 14.2 Å². The molecule has 0 unspecified atom stereocenters. The molecule has 0 fully saturated rings. The summed E-state index contributed by atoms with van der Waals surface area (Å²) in [4.78, 5) is 36.3. The molecule has 0 heterocycles. The standard InChI is InChI=1S/C36H43NO7/c1-3-5-6-7-8-9-10-11-12-13-26-43-32-20-14-28(15-21-32)16-24-34(38)30-19-25-35(33(27-30)37(40)41)44-36(39)29-17-22-31(23-18-29)42-4-2/h14-25,27H,3-13,26H2,1-2H3/b24-16+. The Morgan fingerprint density at radius 2 is 1.30 bits per heavy atom. The second kappa shape index (κ2) is 18.9. The van der Waals surface area contributed by atoms with Gasteiger partial charge in [0.05, 0.1) is 23.7 Å². The summed E-state index contributed by atoms with van der Waals surface area (Å²) in [5.74, 6) is -0.0576. The lowest BCUT2D eigenvalue weighted by atomic mass is 10.1. The maximum atomic E-state index is 12.8. The first-order valence-electron chi connectivity index (χ1n) is 15.6. The third-order valence-corrected chi connectivity index (χ3v) is 7.12. The number of hydrogen-bond acceptors (Lipinski definition) is 7. The van der Waals surface area contributed by atoms with Gasteiger partial charge in [0.15, 0.2) is 5.78 Å². The molecule has 0 atom stereocenters. The second-order valence-corrected chi connectivity index (χ2v) is 10.6. The highest BCUT2D eigenvalue weighted by molar-refractivity contribution is 6.07. The Morgan fingerprint density at radius 3 is 1.91 bits per heavy atom. The van der Waals surface area contributed by atoms with Gasteiger partial charge in [-0.2, -0.15) is 0 Å². The number of ether oxygens (including phenoxy) is 3. The van der Waals surface area contributed by atoms with Crippen molar-refractivity contribution in [2.45, 2.75) is 78.1 Å². The largest absolute Gasteiger partial charge is 0.494 e. The van der Waals surface area contributed by atoms with Gasteiger partial charge in [-0.25, -0.2) is 4.79 Å². The lowest BCUT2D eigenvalue weighted by Crippen LogP contribution is -2.10. The topological polar surface area (TPSA) is 105 Å². The van der Waals surface area contributed by atoms with Gasteiger partial charge < -0.3 is 14.2 Å². The van der Waals surface area contributed by atoms with Crippen LogP contribution >= 0.6 is 0 Å². The number of nitro benzene ring substituents is 1. The number of carbonyl (C=O) groups is 2. The summed E-state index contributed by atoms with van der Waals surface area (Å²) in [6.45, 7) is 5.25. The molecule has 0 N–H and O–H groups in total. The molecule has 0 aliphatic rings. The van der Waals surface area contributed by atoms with Gasteiger partial charge in [0.2, 0.25) is 5.75 Å². The number of benzene rings is 3. The van der Waals surface area contributed by atoms with E-state index in [-0.39, 0.29) is 16.9 Å². The first-order valence-corrected chi connectivity index (χ1v) is 15.6. The zero-order valence-corrected chi connectivity index (χ0v) is 25.8. The monoisotopic (exact) mass is 601 g/mol. The number of rotatable bonds is 20. The molecule has 0 spiro atoms. The summed E-state index contributed by atoms with van der Waals surface area (Å²) in [6, 6.07) is 17.4. The van der Waals surface area contributed by atoms with Gasteiger partial charge in [-0.15, -0.1) is 0 Å². The number of nitro groups is 1. The predicted octanol–water partition coefficient (Wildman–Crippen LogP) is 9.41. The summed E-state index contributed by atoms with van der Waals surface area (Å²) < 4.78 is 16.5. The molecule has 0 amide bonds. The molecular weight excluding hydrogens is 558 g/mol. The number of ketones is 1. The van der Waals surface area contributed by atoms with E-state index < -0.39 is 22.4 Å². The SMILES string of the molecule is CCCCCCCCCCCCOc1ccc(/C=C/C(=O)c2ccc(OC(=O)c3ccc(OCC)cc3)c([N+](=O)[O-])c2)cc1. The molecule has 3 aromatic carbocycles. The van der Waals surface area contributed by atoms with Crippen LogP contribution in [0.5, 0.6) is 17.2 Å².